The summed E-state index contributed by atoms with van der Waals surface area (Å²) in [7, 11) is -4.39. The molecular weight excluding hydrogens is 401 g/mol. The fraction of sp³-hybridized carbons (Fsp3) is 0.190. The van der Waals surface area contributed by atoms with Gasteiger partial charge in [-0.25, -0.2) is 13.1 Å². The highest BCUT2D eigenvalue weighted by Gasteiger charge is 2.37. The molecule has 1 atom stereocenters. The summed E-state index contributed by atoms with van der Waals surface area (Å²) in [4.78, 5) is 3.26. The lowest BCUT2D eigenvalue weighted by Gasteiger charge is -2.18. The van der Waals surface area contributed by atoms with Gasteiger partial charge in [0, 0.05) is 18.4 Å². The predicted octanol–water partition coefficient (Wildman–Crippen LogP) is 5.12. The van der Waals surface area contributed by atoms with Crippen LogP contribution in [0.4, 0.5) is 13.2 Å². The molecule has 3 rings (SSSR count). The zero-order valence-corrected chi connectivity index (χ0v) is 16.6. The molecule has 0 saturated carbocycles. The number of aromatic nitrogens is 1. The summed E-state index contributed by atoms with van der Waals surface area (Å²) in [6.45, 7) is 3.50. The summed E-state index contributed by atoms with van der Waals surface area (Å²) in [5.74, 6) is 0. The smallest absolute Gasteiger partial charge is 0.264 e. The zero-order chi connectivity index (χ0) is 21.2. The molecule has 3 aromatic rings. The highest BCUT2D eigenvalue weighted by molar-refractivity contribution is 7.89. The van der Waals surface area contributed by atoms with Crippen molar-refractivity contribution < 1.29 is 21.6 Å². The Morgan fingerprint density at radius 2 is 1.76 bits per heavy atom. The van der Waals surface area contributed by atoms with E-state index in [1.165, 1.54) is 6.07 Å². The molecular formula is C21H19F3N2O2S. The van der Waals surface area contributed by atoms with Crippen LogP contribution in [0.2, 0.25) is 0 Å². The van der Waals surface area contributed by atoms with E-state index in [4.69, 9.17) is 0 Å². The number of nitrogens with one attached hydrogen (secondary N) is 1. The number of sulfonamides is 1. The summed E-state index contributed by atoms with van der Waals surface area (Å²) in [6, 6.07) is 12.4. The second kappa shape index (κ2) is 7.96. The summed E-state index contributed by atoms with van der Waals surface area (Å²) in [5, 5.41) is 0. The van der Waals surface area contributed by atoms with Gasteiger partial charge in [0.05, 0.1) is 10.5 Å². The summed E-state index contributed by atoms with van der Waals surface area (Å²) >= 11 is 0. The molecule has 4 nitrogen and oxygen atoms in total. The largest absolute Gasteiger partial charge is 0.417 e. The van der Waals surface area contributed by atoms with Crippen LogP contribution < -0.4 is 4.72 Å². The molecule has 0 fully saturated rings. The van der Waals surface area contributed by atoms with Crippen LogP contribution in [0.1, 0.15) is 29.7 Å². The Kier molecular flexibility index (Phi) is 5.77. The summed E-state index contributed by atoms with van der Waals surface area (Å²) in [5.41, 5.74) is 2.20. The van der Waals surface area contributed by atoms with Crippen molar-refractivity contribution in [2.24, 2.45) is 0 Å². The van der Waals surface area contributed by atoms with E-state index in [0.717, 1.165) is 34.9 Å². The SMILES string of the molecule is Cc1cnccc1-c1cccc([C@H](C)NS(=O)(=O)c2ccccc2C(F)(F)F)c1. The number of rotatable bonds is 5. The molecule has 1 aromatic heterocycles. The first-order valence-electron chi connectivity index (χ1n) is 8.79. The third kappa shape index (κ3) is 4.65. The molecule has 0 aliphatic heterocycles. The average molecular weight is 420 g/mol. The minimum Gasteiger partial charge on any atom is -0.264 e. The Labute approximate surface area is 167 Å². The summed E-state index contributed by atoms with van der Waals surface area (Å²) in [6.07, 6.45) is -1.38. The van der Waals surface area contributed by atoms with E-state index in [1.807, 2.05) is 25.1 Å². The van der Waals surface area contributed by atoms with Gasteiger partial charge in [0.15, 0.2) is 0 Å². The fourth-order valence-corrected chi connectivity index (χ4v) is 4.53. The number of pyridine rings is 1. The van der Waals surface area contributed by atoms with Crippen LogP contribution in [-0.2, 0) is 16.2 Å². The van der Waals surface area contributed by atoms with Crippen LogP contribution in [0.5, 0.6) is 0 Å². The van der Waals surface area contributed by atoms with Gasteiger partial charge in [0.25, 0.3) is 0 Å². The maximum atomic E-state index is 13.2. The number of benzene rings is 2. The van der Waals surface area contributed by atoms with Crippen LogP contribution in [0, 0.1) is 6.92 Å². The van der Waals surface area contributed by atoms with Crippen molar-refractivity contribution in [3.8, 4) is 11.1 Å². The second-order valence-electron chi connectivity index (χ2n) is 6.65. The van der Waals surface area contributed by atoms with E-state index in [9.17, 15) is 21.6 Å². The standard InChI is InChI=1S/C21H19F3N2O2S/c1-14-13-25-11-10-18(14)17-7-5-6-16(12-17)15(2)26-29(27,28)20-9-4-3-8-19(20)21(22,23)24/h3-13,15,26H,1-2H3/t15-/m0/s1. The molecule has 0 aliphatic carbocycles. The van der Waals surface area contributed by atoms with Gasteiger partial charge in [-0.2, -0.15) is 13.2 Å². The lowest BCUT2D eigenvalue weighted by molar-refractivity contribution is -0.139. The van der Waals surface area contributed by atoms with Gasteiger partial charge < -0.3 is 0 Å². The van der Waals surface area contributed by atoms with Crippen molar-refractivity contribution in [1.82, 2.24) is 9.71 Å². The molecule has 152 valence electrons. The van der Waals surface area contributed by atoms with Gasteiger partial charge in [-0.15, -0.1) is 0 Å². The number of alkyl halides is 3. The van der Waals surface area contributed by atoms with Crippen molar-refractivity contribution in [3.05, 3.63) is 83.7 Å². The molecule has 0 aliphatic rings. The Balaban J connectivity index is 1.93. The van der Waals surface area contributed by atoms with Gasteiger partial charge in [0.1, 0.15) is 0 Å². The van der Waals surface area contributed by atoms with Crippen LogP contribution in [0.25, 0.3) is 11.1 Å². The lowest BCUT2D eigenvalue weighted by Crippen LogP contribution is -2.29. The monoisotopic (exact) mass is 420 g/mol. The molecule has 0 amide bonds. The van der Waals surface area contributed by atoms with Gasteiger partial charge >= 0.3 is 6.18 Å². The van der Waals surface area contributed by atoms with Gasteiger partial charge in [-0.3, -0.25) is 4.98 Å². The fourth-order valence-electron chi connectivity index (χ4n) is 3.07. The Bertz CT molecular complexity index is 1130. The van der Waals surface area contributed by atoms with Crippen molar-refractivity contribution in [1.29, 1.82) is 0 Å². The van der Waals surface area contributed by atoms with E-state index < -0.39 is 32.7 Å². The molecule has 29 heavy (non-hydrogen) atoms. The number of hydrogen-bond acceptors (Lipinski definition) is 3. The van der Waals surface area contributed by atoms with Gasteiger partial charge in [-0.1, -0.05) is 30.3 Å². The molecule has 0 spiro atoms. The first kappa shape index (κ1) is 21.0. The quantitative estimate of drug-likeness (QED) is 0.624. The van der Waals surface area contributed by atoms with Crippen LogP contribution in [0.3, 0.4) is 0 Å². The minimum absolute atomic E-state index is 0.631. The van der Waals surface area contributed by atoms with Crippen molar-refractivity contribution in [2.75, 3.05) is 0 Å². The topological polar surface area (TPSA) is 59.1 Å². The minimum atomic E-state index is -4.77. The van der Waals surface area contributed by atoms with E-state index in [2.05, 4.69) is 9.71 Å². The molecule has 0 unspecified atom stereocenters. The molecule has 2 aromatic carbocycles. The first-order valence-corrected chi connectivity index (χ1v) is 10.3. The lowest BCUT2D eigenvalue weighted by atomic mass is 9.99. The first-order chi connectivity index (χ1) is 13.6. The molecule has 1 N–H and O–H groups in total. The maximum absolute atomic E-state index is 13.2. The van der Waals surface area contributed by atoms with E-state index in [-0.39, 0.29) is 0 Å². The highest BCUT2D eigenvalue weighted by Crippen LogP contribution is 2.34. The van der Waals surface area contributed by atoms with E-state index in [1.54, 1.807) is 31.5 Å². The van der Waals surface area contributed by atoms with Crippen molar-refractivity contribution in [3.63, 3.8) is 0 Å². The zero-order valence-electron chi connectivity index (χ0n) is 15.7. The highest BCUT2D eigenvalue weighted by atomic mass is 32.2. The summed E-state index contributed by atoms with van der Waals surface area (Å²) < 4.78 is 67.4. The molecule has 1 heterocycles. The number of aryl methyl sites for hydroxylation is 1. The molecule has 0 bridgehead atoms. The molecule has 8 heteroatoms. The molecule has 0 radical (unpaired) electrons. The van der Waals surface area contributed by atoms with E-state index in [0.29, 0.717) is 5.56 Å². The molecule has 0 saturated heterocycles. The third-order valence-corrected chi connectivity index (χ3v) is 6.13. The number of hydrogen-bond donors (Lipinski definition) is 1. The maximum Gasteiger partial charge on any atom is 0.417 e. The third-order valence-electron chi connectivity index (χ3n) is 4.53. The van der Waals surface area contributed by atoms with Gasteiger partial charge in [-0.05, 0) is 60.4 Å². The van der Waals surface area contributed by atoms with Gasteiger partial charge in [0.2, 0.25) is 10.0 Å². The Hall–Kier alpha value is -2.71. The van der Waals surface area contributed by atoms with Crippen molar-refractivity contribution in [2.45, 2.75) is 31.0 Å². The average Bonchev–Trinajstić information content (AvgIpc) is 2.67. The second-order valence-corrected chi connectivity index (χ2v) is 8.34. The van der Waals surface area contributed by atoms with E-state index >= 15 is 0 Å². The normalized spacial score (nSPS) is 13.3. The van der Waals surface area contributed by atoms with Crippen LogP contribution >= 0.6 is 0 Å². The number of halogens is 3. The Morgan fingerprint density at radius 1 is 1.03 bits per heavy atom. The van der Waals surface area contributed by atoms with Crippen molar-refractivity contribution >= 4 is 10.0 Å². The number of nitrogens with zero attached hydrogens (tertiary/aromatic N) is 1. The Morgan fingerprint density at radius 3 is 2.45 bits per heavy atom. The predicted molar refractivity (Wildman–Crippen MR) is 105 cm³/mol. The van der Waals surface area contributed by atoms with Crippen LogP contribution in [0.15, 0.2) is 71.9 Å². The van der Waals surface area contributed by atoms with Crippen LogP contribution in [-0.4, -0.2) is 13.4 Å².